The molecule has 0 aromatic heterocycles. The van der Waals surface area contributed by atoms with Crippen molar-refractivity contribution in [2.45, 2.75) is 72.8 Å². The summed E-state index contributed by atoms with van der Waals surface area (Å²) in [5, 5.41) is 0. The molecule has 0 aliphatic carbocycles. The van der Waals surface area contributed by atoms with Crippen molar-refractivity contribution >= 4 is 14.8 Å². The first-order valence-corrected chi connectivity index (χ1v) is 18.0. The molecule has 44 heavy (non-hydrogen) atoms. The van der Waals surface area contributed by atoms with Gasteiger partial charge in [0.15, 0.2) is 0 Å². The van der Waals surface area contributed by atoms with Crippen molar-refractivity contribution in [2.24, 2.45) is 0 Å². The Morgan fingerprint density at radius 3 is 2.02 bits per heavy atom. The van der Waals surface area contributed by atoms with Gasteiger partial charge < -0.3 is 22.8 Å². The Morgan fingerprint density at radius 1 is 0.750 bits per heavy atom. The van der Waals surface area contributed by atoms with E-state index in [0.717, 1.165) is 35.6 Å². The lowest BCUT2D eigenvalue weighted by molar-refractivity contribution is -0.138. The smallest absolute Gasteiger partial charge is 0.490 e. The van der Waals surface area contributed by atoms with E-state index in [1.165, 1.54) is 41.5 Å². The van der Waals surface area contributed by atoms with Crippen molar-refractivity contribution in [3.63, 3.8) is 0 Å². The fourth-order valence-electron chi connectivity index (χ4n) is 5.32. The molecule has 0 unspecified atom stereocenters. The molecule has 0 saturated carbocycles. The van der Waals surface area contributed by atoms with Crippen LogP contribution >= 0.6 is 0 Å². The summed E-state index contributed by atoms with van der Waals surface area (Å²) in [5.74, 6) is 0.217. The molecule has 0 saturated heterocycles. The van der Waals surface area contributed by atoms with Crippen molar-refractivity contribution in [1.82, 2.24) is 0 Å². The summed E-state index contributed by atoms with van der Waals surface area (Å²) < 4.78 is 29.8. The Bertz CT molecular complexity index is 1300. The predicted octanol–water partition coefficient (Wildman–Crippen LogP) is 8.55. The summed E-state index contributed by atoms with van der Waals surface area (Å²) in [6, 6.07) is 22.4. The maximum atomic E-state index is 11.6. The number of rotatable bonds is 20. The van der Waals surface area contributed by atoms with Crippen LogP contribution in [-0.4, -0.2) is 47.8 Å². The van der Waals surface area contributed by atoms with Crippen molar-refractivity contribution in [3.05, 3.63) is 90.0 Å². The highest BCUT2D eigenvalue weighted by Crippen LogP contribution is 2.34. The number of ether oxygens (including phenoxy) is 2. The molecule has 0 amide bonds. The van der Waals surface area contributed by atoms with E-state index in [1.807, 2.05) is 20.8 Å². The number of hydrogen-bond donors (Lipinski definition) is 0. The first kappa shape index (κ1) is 35.2. The van der Waals surface area contributed by atoms with Gasteiger partial charge in [0.1, 0.15) is 19.0 Å². The molecule has 0 fully saturated rings. The van der Waals surface area contributed by atoms with Crippen LogP contribution in [0.25, 0.3) is 22.3 Å². The standard InChI is InChI=1S/C37H50O6Si/c1-7-13-14-15-29-16-18-31(19-17-29)32-22-23-35(30(8-2)26-32)33-20-21-34(28-44(41-10-4,42-11-5)43-12-6)36(27-33)39-24-25-40-37(38)9-3/h9,16-23,26-27H,3,7-8,10-15,24-25,28H2,1-2,4-6H3. The monoisotopic (exact) mass is 618 g/mol. The molecule has 0 aliphatic heterocycles. The van der Waals surface area contributed by atoms with Crippen LogP contribution in [-0.2, 0) is 41.7 Å². The molecule has 0 radical (unpaired) electrons. The second-order valence-corrected chi connectivity index (χ2v) is 13.2. The first-order valence-electron chi connectivity index (χ1n) is 16.1. The van der Waals surface area contributed by atoms with E-state index >= 15 is 0 Å². The van der Waals surface area contributed by atoms with Crippen LogP contribution in [0.2, 0.25) is 0 Å². The first-order chi connectivity index (χ1) is 21.4. The van der Waals surface area contributed by atoms with Gasteiger partial charge in [-0.2, -0.15) is 0 Å². The van der Waals surface area contributed by atoms with Crippen LogP contribution in [0.1, 0.15) is 70.6 Å². The highest BCUT2D eigenvalue weighted by Gasteiger charge is 2.41. The van der Waals surface area contributed by atoms with Crippen molar-refractivity contribution in [3.8, 4) is 28.0 Å². The van der Waals surface area contributed by atoms with Crippen molar-refractivity contribution < 1.29 is 27.5 Å². The minimum atomic E-state index is -2.99. The SMILES string of the molecule is C=CC(=O)OCCOc1cc(-c2ccc(-c3ccc(CCCCC)cc3)cc2CC)ccc1C[Si](OCC)(OCC)OCC. The van der Waals surface area contributed by atoms with Gasteiger partial charge in [0.25, 0.3) is 0 Å². The average Bonchev–Trinajstić information content (AvgIpc) is 3.04. The maximum absolute atomic E-state index is 11.6. The predicted molar refractivity (Wildman–Crippen MR) is 181 cm³/mol. The van der Waals surface area contributed by atoms with Gasteiger partial charge in [-0.15, -0.1) is 0 Å². The molecule has 0 spiro atoms. The van der Waals surface area contributed by atoms with Crippen LogP contribution in [0.15, 0.2) is 73.3 Å². The Kier molecular flexibility index (Phi) is 14.9. The zero-order valence-corrected chi connectivity index (χ0v) is 28.3. The summed E-state index contributed by atoms with van der Waals surface area (Å²) >= 11 is 0. The molecule has 3 aromatic carbocycles. The Hall–Kier alpha value is -3.23. The highest BCUT2D eigenvalue weighted by molar-refractivity contribution is 6.60. The molecule has 3 rings (SSSR count). The normalized spacial score (nSPS) is 11.4. The lowest BCUT2D eigenvalue weighted by Gasteiger charge is -2.29. The van der Waals surface area contributed by atoms with Crippen LogP contribution in [0, 0.1) is 0 Å². The van der Waals surface area contributed by atoms with E-state index in [1.54, 1.807) is 0 Å². The number of esters is 1. The highest BCUT2D eigenvalue weighted by atomic mass is 28.4. The van der Waals surface area contributed by atoms with Gasteiger partial charge in [-0.25, -0.2) is 4.79 Å². The van der Waals surface area contributed by atoms with E-state index in [4.69, 9.17) is 22.8 Å². The number of hydrogen-bond acceptors (Lipinski definition) is 6. The molecule has 6 nitrogen and oxygen atoms in total. The third kappa shape index (κ3) is 10.2. The van der Waals surface area contributed by atoms with Crippen molar-refractivity contribution in [2.75, 3.05) is 33.0 Å². The molecule has 0 bridgehead atoms. The average molecular weight is 619 g/mol. The van der Waals surface area contributed by atoms with Gasteiger partial charge in [-0.3, -0.25) is 0 Å². The molecular weight excluding hydrogens is 568 g/mol. The summed E-state index contributed by atoms with van der Waals surface area (Å²) in [6.07, 6.45) is 6.92. The third-order valence-electron chi connectivity index (χ3n) is 7.47. The van der Waals surface area contributed by atoms with E-state index in [0.29, 0.717) is 31.6 Å². The Morgan fingerprint density at radius 2 is 1.41 bits per heavy atom. The fraction of sp³-hybridized carbons (Fsp3) is 0.432. The molecule has 0 atom stereocenters. The zero-order chi connectivity index (χ0) is 31.8. The van der Waals surface area contributed by atoms with E-state index < -0.39 is 14.8 Å². The Balaban J connectivity index is 1.94. The van der Waals surface area contributed by atoms with Gasteiger partial charge in [-0.05, 0) is 85.0 Å². The zero-order valence-electron chi connectivity index (χ0n) is 27.3. The molecule has 3 aromatic rings. The lowest BCUT2D eigenvalue weighted by atomic mass is 9.92. The summed E-state index contributed by atoms with van der Waals surface area (Å²) in [7, 11) is -2.99. The van der Waals surface area contributed by atoms with Gasteiger partial charge in [0.2, 0.25) is 0 Å². The largest absolute Gasteiger partial charge is 0.505 e. The van der Waals surface area contributed by atoms with Gasteiger partial charge in [-0.1, -0.05) is 87.9 Å². The van der Waals surface area contributed by atoms with E-state index in [2.05, 4.69) is 81.1 Å². The minimum Gasteiger partial charge on any atom is -0.490 e. The summed E-state index contributed by atoms with van der Waals surface area (Å²) in [6.45, 7) is 15.5. The summed E-state index contributed by atoms with van der Waals surface area (Å²) in [4.78, 5) is 11.6. The van der Waals surface area contributed by atoms with E-state index in [-0.39, 0.29) is 13.2 Å². The number of carbonyl (C=O) groups is 1. The van der Waals surface area contributed by atoms with Crippen molar-refractivity contribution in [1.29, 1.82) is 0 Å². The minimum absolute atomic E-state index is 0.117. The molecular formula is C37H50O6Si. The lowest BCUT2D eigenvalue weighted by Crippen LogP contribution is -2.48. The van der Waals surface area contributed by atoms with Crippen LogP contribution < -0.4 is 4.74 Å². The van der Waals surface area contributed by atoms with Crippen LogP contribution in [0.5, 0.6) is 5.75 Å². The summed E-state index contributed by atoms with van der Waals surface area (Å²) in [5.41, 5.74) is 8.23. The maximum Gasteiger partial charge on any atom is 0.505 e. The number of benzene rings is 3. The quantitative estimate of drug-likeness (QED) is 0.0547. The van der Waals surface area contributed by atoms with Gasteiger partial charge in [0, 0.05) is 31.9 Å². The third-order valence-corrected chi connectivity index (χ3v) is 10.5. The molecule has 7 heteroatoms. The van der Waals surface area contributed by atoms with Crippen LogP contribution in [0.4, 0.5) is 0 Å². The number of carbonyl (C=O) groups excluding carboxylic acids is 1. The van der Waals surface area contributed by atoms with E-state index in [9.17, 15) is 4.79 Å². The second kappa shape index (κ2) is 18.5. The number of aryl methyl sites for hydroxylation is 2. The molecule has 0 heterocycles. The fourth-order valence-corrected chi connectivity index (χ4v) is 7.95. The number of unbranched alkanes of at least 4 members (excludes halogenated alkanes) is 2. The van der Waals surface area contributed by atoms with Crippen LogP contribution in [0.3, 0.4) is 0 Å². The van der Waals surface area contributed by atoms with Gasteiger partial charge >= 0.3 is 14.8 Å². The molecule has 0 N–H and O–H groups in total. The second-order valence-electron chi connectivity index (χ2n) is 10.6. The molecule has 238 valence electrons. The Labute approximate surface area is 265 Å². The van der Waals surface area contributed by atoms with Gasteiger partial charge in [0.05, 0.1) is 0 Å². The molecule has 0 aliphatic rings. The topological polar surface area (TPSA) is 63.2 Å².